The predicted molar refractivity (Wildman–Crippen MR) is 86.5 cm³/mol. The lowest BCUT2D eigenvalue weighted by Crippen LogP contribution is -2.67. The number of fused-ring (bicyclic) bond motifs is 1. The number of hydrogen-bond acceptors (Lipinski definition) is 3. The van der Waals surface area contributed by atoms with Crippen LogP contribution in [0.4, 0.5) is 4.39 Å². The smallest absolute Gasteiger partial charge is 0.246 e. The third kappa shape index (κ3) is 3.43. The molecule has 0 bridgehead atoms. The molecule has 3 unspecified atom stereocenters. The van der Waals surface area contributed by atoms with Crippen LogP contribution in [0.2, 0.25) is 0 Å². The van der Waals surface area contributed by atoms with Crippen LogP contribution in [0.5, 0.6) is 0 Å². The van der Waals surface area contributed by atoms with E-state index in [1.54, 1.807) is 17.0 Å². The summed E-state index contributed by atoms with van der Waals surface area (Å²) in [6, 6.07) is 5.31. The van der Waals surface area contributed by atoms with Crippen LogP contribution in [0.3, 0.4) is 0 Å². The van der Waals surface area contributed by atoms with Gasteiger partial charge in [-0.2, -0.15) is 0 Å². The van der Waals surface area contributed by atoms with Gasteiger partial charge in [-0.3, -0.25) is 9.59 Å². The highest BCUT2D eigenvalue weighted by Crippen LogP contribution is 2.26. The van der Waals surface area contributed by atoms with Crippen molar-refractivity contribution >= 4 is 11.8 Å². The minimum Gasteiger partial charge on any atom is -0.373 e. The quantitative estimate of drug-likeness (QED) is 0.914. The lowest BCUT2D eigenvalue weighted by atomic mass is 9.91. The van der Waals surface area contributed by atoms with Crippen molar-refractivity contribution in [2.45, 2.75) is 51.5 Å². The number of carbonyl (C=O) groups is 2. The van der Waals surface area contributed by atoms with Crippen LogP contribution in [0.1, 0.15) is 32.3 Å². The molecular formula is C18H23FN2O3. The molecule has 2 heterocycles. The highest BCUT2D eigenvalue weighted by Gasteiger charge is 2.44. The molecule has 2 fully saturated rings. The van der Waals surface area contributed by atoms with E-state index in [9.17, 15) is 14.0 Å². The molecule has 6 heteroatoms. The van der Waals surface area contributed by atoms with E-state index in [1.807, 2.05) is 13.8 Å². The first kappa shape index (κ1) is 16.9. The van der Waals surface area contributed by atoms with Crippen molar-refractivity contribution in [1.82, 2.24) is 10.2 Å². The van der Waals surface area contributed by atoms with Gasteiger partial charge in [0.15, 0.2) is 0 Å². The summed E-state index contributed by atoms with van der Waals surface area (Å²) in [5.41, 5.74) is 0.892. The predicted octanol–water partition coefficient (Wildman–Crippen LogP) is 1.86. The Morgan fingerprint density at radius 2 is 2.00 bits per heavy atom. The number of carbonyl (C=O) groups excluding carboxylic acids is 2. The largest absolute Gasteiger partial charge is 0.373 e. The van der Waals surface area contributed by atoms with E-state index < -0.39 is 12.1 Å². The molecule has 130 valence electrons. The SMILES string of the molecule is CC(C)C1NC(=O)C2CC(OCc3ccc(F)cc3)CCN2C1=O. The van der Waals surface area contributed by atoms with E-state index in [0.717, 1.165) is 5.56 Å². The molecule has 24 heavy (non-hydrogen) atoms. The molecule has 0 aliphatic carbocycles. The molecule has 0 radical (unpaired) electrons. The van der Waals surface area contributed by atoms with Gasteiger partial charge in [0, 0.05) is 13.0 Å². The summed E-state index contributed by atoms with van der Waals surface area (Å²) in [6.45, 7) is 4.78. The zero-order valence-electron chi connectivity index (χ0n) is 14.0. The van der Waals surface area contributed by atoms with E-state index in [0.29, 0.717) is 26.0 Å². The second-order valence-electron chi connectivity index (χ2n) is 6.86. The number of nitrogens with zero attached hydrogens (tertiary/aromatic N) is 1. The lowest BCUT2D eigenvalue weighted by molar-refractivity contribution is -0.156. The fraction of sp³-hybridized carbons (Fsp3) is 0.556. The maximum Gasteiger partial charge on any atom is 0.246 e. The van der Waals surface area contributed by atoms with Crippen LogP contribution in [-0.2, 0) is 20.9 Å². The van der Waals surface area contributed by atoms with Gasteiger partial charge in [-0.05, 0) is 30.0 Å². The van der Waals surface area contributed by atoms with Gasteiger partial charge in [0.05, 0.1) is 12.7 Å². The highest BCUT2D eigenvalue weighted by atomic mass is 19.1. The Labute approximate surface area is 141 Å². The molecule has 1 N–H and O–H groups in total. The van der Waals surface area contributed by atoms with E-state index >= 15 is 0 Å². The lowest BCUT2D eigenvalue weighted by Gasteiger charge is -2.44. The van der Waals surface area contributed by atoms with Gasteiger partial charge in [-0.25, -0.2) is 4.39 Å². The summed E-state index contributed by atoms with van der Waals surface area (Å²) in [5.74, 6) is -0.283. The van der Waals surface area contributed by atoms with E-state index in [2.05, 4.69) is 5.32 Å². The Balaban J connectivity index is 1.59. The first-order chi connectivity index (χ1) is 11.5. The fourth-order valence-corrected chi connectivity index (χ4v) is 3.33. The molecule has 2 aliphatic heterocycles. The van der Waals surface area contributed by atoms with E-state index in [1.165, 1.54) is 12.1 Å². The summed E-state index contributed by atoms with van der Waals surface area (Å²) in [7, 11) is 0. The molecule has 1 aromatic carbocycles. The molecule has 2 amide bonds. The standard InChI is InChI=1S/C18H23FN2O3/c1-11(2)16-18(23)21-8-7-14(9-15(21)17(22)20-16)24-10-12-3-5-13(19)6-4-12/h3-6,11,14-16H,7-10H2,1-2H3,(H,20,22). The molecule has 3 rings (SSSR count). The van der Waals surface area contributed by atoms with Gasteiger partial charge in [-0.1, -0.05) is 26.0 Å². The minimum atomic E-state index is -0.445. The molecular weight excluding hydrogens is 311 g/mol. The number of ether oxygens (including phenoxy) is 1. The van der Waals surface area contributed by atoms with Crippen LogP contribution in [0.25, 0.3) is 0 Å². The molecule has 1 aromatic rings. The van der Waals surface area contributed by atoms with Crippen LogP contribution in [0.15, 0.2) is 24.3 Å². The van der Waals surface area contributed by atoms with Crippen molar-refractivity contribution in [3.05, 3.63) is 35.6 Å². The topological polar surface area (TPSA) is 58.6 Å². The van der Waals surface area contributed by atoms with Gasteiger partial charge in [-0.15, -0.1) is 0 Å². The van der Waals surface area contributed by atoms with Gasteiger partial charge in [0.25, 0.3) is 0 Å². The minimum absolute atomic E-state index is 0.00610. The molecule has 0 aromatic heterocycles. The van der Waals surface area contributed by atoms with E-state index in [4.69, 9.17) is 4.74 Å². The number of amides is 2. The third-order valence-electron chi connectivity index (χ3n) is 4.77. The van der Waals surface area contributed by atoms with Gasteiger partial charge < -0.3 is 15.0 Å². The molecule has 0 spiro atoms. The summed E-state index contributed by atoms with van der Waals surface area (Å²) >= 11 is 0. The second-order valence-corrected chi connectivity index (χ2v) is 6.86. The Morgan fingerprint density at radius 3 is 2.67 bits per heavy atom. The zero-order valence-corrected chi connectivity index (χ0v) is 14.0. The molecule has 5 nitrogen and oxygen atoms in total. The van der Waals surface area contributed by atoms with Crippen LogP contribution >= 0.6 is 0 Å². The van der Waals surface area contributed by atoms with Gasteiger partial charge in [0.2, 0.25) is 11.8 Å². The Bertz CT molecular complexity index is 617. The number of piperidine rings is 1. The number of piperazine rings is 1. The van der Waals surface area contributed by atoms with E-state index in [-0.39, 0.29) is 29.7 Å². The number of benzene rings is 1. The third-order valence-corrected chi connectivity index (χ3v) is 4.77. The summed E-state index contributed by atoms with van der Waals surface area (Å²) in [4.78, 5) is 26.5. The van der Waals surface area contributed by atoms with Gasteiger partial charge in [0.1, 0.15) is 17.9 Å². The Morgan fingerprint density at radius 1 is 1.29 bits per heavy atom. The van der Waals surface area contributed by atoms with Crippen LogP contribution < -0.4 is 5.32 Å². The van der Waals surface area contributed by atoms with Crippen molar-refractivity contribution in [2.75, 3.05) is 6.54 Å². The van der Waals surface area contributed by atoms with Crippen LogP contribution in [-0.4, -0.2) is 41.4 Å². The monoisotopic (exact) mass is 334 g/mol. The van der Waals surface area contributed by atoms with Crippen molar-refractivity contribution in [2.24, 2.45) is 5.92 Å². The normalized spacial score (nSPS) is 27.2. The fourth-order valence-electron chi connectivity index (χ4n) is 3.33. The average molecular weight is 334 g/mol. The first-order valence-electron chi connectivity index (χ1n) is 8.42. The highest BCUT2D eigenvalue weighted by molar-refractivity contribution is 5.97. The number of hydrogen-bond donors (Lipinski definition) is 1. The maximum atomic E-state index is 12.9. The summed E-state index contributed by atoms with van der Waals surface area (Å²) < 4.78 is 18.8. The zero-order chi connectivity index (χ0) is 17.3. The average Bonchev–Trinajstić information content (AvgIpc) is 2.57. The van der Waals surface area contributed by atoms with Crippen molar-refractivity contribution in [3.63, 3.8) is 0 Å². The molecule has 3 atom stereocenters. The summed E-state index contributed by atoms with van der Waals surface area (Å²) in [5, 5.41) is 2.84. The van der Waals surface area contributed by atoms with Crippen molar-refractivity contribution in [1.29, 1.82) is 0 Å². The Kier molecular flexibility index (Phi) is 4.85. The van der Waals surface area contributed by atoms with Crippen molar-refractivity contribution < 1.29 is 18.7 Å². The second kappa shape index (κ2) is 6.89. The summed E-state index contributed by atoms with van der Waals surface area (Å²) in [6.07, 6.45) is 1.14. The number of halogens is 1. The molecule has 2 aliphatic rings. The molecule has 0 saturated carbocycles. The Hall–Kier alpha value is -1.95. The maximum absolute atomic E-state index is 12.9. The van der Waals surface area contributed by atoms with Crippen molar-refractivity contribution in [3.8, 4) is 0 Å². The van der Waals surface area contributed by atoms with Crippen LogP contribution in [0, 0.1) is 11.7 Å². The molecule has 2 saturated heterocycles. The number of nitrogens with one attached hydrogen (secondary N) is 1. The number of rotatable bonds is 4. The first-order valence-corrected chi connectivity index (χ1v) is 8.42. The van der Waals surface area contributed by atoms with Gasteiger partial charge >= 0.3 is 0 Å².